The minimum atomic E-state index is -4.10. The van der Waals surface area contributed by atoms with E-state index >= 15 is 0 Å². The second kappa shape index (κ2) is 9.47. The van der Waals surface area contributed by atoms with Crippen LogP contribution in [0, 0.1) is 11.7 Å². The molecule has 1 aromatic rings. The number of hydrogen-bond acceptors (Lipinski definition) is 5. The average Bonchev–Trinajstić information content (AvgIpc) is 2.59. The molecule has 1 fully saturated rings. The first-order valence-electron chi connectivity index (χ1n) is 8.00. The molecule has 0 heterocycles. The smallest absolute Gasteiger partial charge is 0.342 e. The first-order valence-corrected chi connectivity index (χ1v) is 9.48. The number of sulfonamides is 1. The molecule has 0 radical (unpaired) electrons. The van der Waals surface area contributed by atoms with Gasteiger partial charge in [0.25, 0.3) is 0 Å². The number of carbonyl (C=O) groups is 1. The Morgan fingerprint density at radius 3 is 2.56 bits per heavy atom. The van der Waals surface area contributed by atoms with Gasteiger partial charge in [-0.3, -0.25) is 0 Å². The molecule has 25 heavy (non-hydrogen) atoms. The van der Waals surface area contributed by atoms with Gasteiger partial charge in [-0.1, -0.05) is 25.3 Å². The first kappa shape index (κ1) is 21.8. The third kappa shape index (κ3) is 5.13. The van der Waals surface area contributed by atoms with Crippen molar-refractivity contribution in [3.05, 3.63) is 29.6 Å². The van der Waals surface area contributed by atoms with E-state index in [1.54, 1.807) is 0 Å². The Bertz CT molecular complexity index is 693. The highest BCUT2D eigenvalue weighted by atomic mass is 35.5. The van der Waals surface area contributed by atoms with Crippen LogP contribution in [0.3, 0.4) is 0 Å². The van der Waals surface area contributed by atoms with Gasteiger partial charge in [-0.15, -0.1) is 12.4 Å². The first-order chi connectivity index (χ1) is 11.4. The summed E-state index contributed by atoms with van der Waals surface area (Å²) in [7, 11) is -3.03. The van der Waals surface area contributed by atoms with E-state index in [2.05, 4.69) is 9.46 Å². The van der Waals surface area contributed by atoms with E-state index in [1.165, 1.54) is 12.1 Å². The number of nitrogens with one attached hydrogen (secondary N) is 1. The van der Waals surface area contributed by atoms with Crippen LogP contribution in [-0.2, 0) is 14.8 Å². The van der Waals surface area contributed by atoms with Gasteiger partial charge in [0.2, 0.25) is 10.0 Å². The Balaban J connectivity index is 0.00000312. The van der Waals surface area contributed by atoms with Crippen molar-refractivity contribution in [3.63, 3.8) is 0 Å². The fourth-order valence-corrected chi connectivity index (χ4v) is 4.69. The van der Waals surface area contributed by atoms with Crippen molar-refractivity contribution in [1.82, 2.24) is 4.72 Å². The van der Waals surface area contributed by atoms with Crippen LogP contribution >= 0.6 is 12.4 Å². The maximum atomic E-state index is 14.0. The highest BCUT2D eigenvalue weighted by Crippen LogP contribution is 2.28. The molecule has 0 bridgehead atoms. The van der Waals surface area contributed by atoms with Gasteiger partial charge in [0.15, 0.2) is 0 Å². The highest BCUT2D eigenvalue weighted by Gasteiger charge is 2.31. The minimum Gasteiger partial charge on any atom is -0.465 e. The molecule has 6 nitrogen and oxygen atoms in total. The quantitative estimate of drug-likeness (QED) is 0.721. The number of carbonyl (C=O) groups excluding carboxylic acids is 1. The maximum absolute atomic E-state index is 14.0. The van der Waals surface area contributed by atoms with Gasteiger partial charge < -0.3 is 10.5 Å². The monoisotopic (exact) mass is 394 g/mol. The number of halogens is 2. The molecule has 1 saturated carbocycles. The molecule has 1 aliphatic rings. The fraction of sp³-hybridized carbons (Fsp3) is 0.562. The molecule has 0 aliphatic heterocycles. The Labute approximate surface area is 153 Å². The molecule has 2 rings (SSSR count). The Hall–Kier alpha value is -1.22. The van der Waals surface area contributed by atoms with Crippen LogP contribution in [-0.4, -0.2) is 34.1 Å². The van der Waals surface area contributed by atoms with Crippen LogP contribution in [0.1, 0.15) is 42.5 Å². The normalized spacial score (nSPS) is 16.8. The Kier molecular flexibility index (Phi) is 8.27. The van der Waals surface area contributed by atoms with E-state index in [0.717, 1.165) is 45.3 Å². The van der Waals surface area contributed by atoms with E-state index < -0.39 is 38.3 Å². The van der Waals surface area contributed by atoms with Gasteiger partial charge in [-0.05, 0) is 30.9 Å². The van der Waals surface area contributed by atoms with Crippen molar-refractivity contribution in [1.29, 1.82) is 0 Å². The average molecular weight is 395 g/mol. The largest absolute Gasteiger partial charge is 0.465 e. The summed E-state index contributed by atoms with van der Waals surface area (Å²) in [5, 5.41) is 0. The van der Waals surface area contributed by atoms with Gasteiger partial charge in [0.1, 0.15) is 11.4 Å². The molecule has 0 amide bonds. The van der Waals surface area contributed by atoms with Crippen molar-refractivity contribution in [2.75, 3.05) is 13.7 Å². The van der Waals surface area contributed by atoms with E-state index in [-0.39, 0.29) is 24.9 Å². The van der Waals surface area contributed by atoms with Gasteiger partial charge >= 0.3 is 5.97 Å². The summed E-state index contributed by atoms with van der Waals surface area (Å²) in [6.45, 7) is 0.146. The Morgan fingerprint density at radius 2 is 2.00 bits per heavy atom. The van der Waals surface area contributed by atoms with E-state index in [4.69, 9.17) is 5.73 Å². The summed E-state index contributed by atoms with van der Waals surface area (Å²) in [6, 6.07) is 3.01. The van der Waals surface area contributed by atoms with E-state index in [0.29, 0.717) is 0 Å². The fourth-order valence-electron chi connectivity index (χ4n) is 3.16. The number of methoxy groups -OCH3 is 1. The van der Waals surface area contributed by atoms with Crippen molar-refractivity contribution >= 4 is 28.4 Å². The summed E-state index contributed by atoms with van der Waals surface area (Å²) in [6.07, 6.45) is 5.01. The van der Waals surface area contributed by atoms with Crippen LogP contribution < -0.4 is 10.5 Å². The summed E-state index contributed by atoms with van der Waals surface area (Å²) in [5.41, 5.74) is 5.16. The molecule has 0 spiro atoms. The van der Waals surface area contributed by atoms with Crippen LogP contribution in [0.15, 0.2) is 23.1 Å². The zero-order valence-electron chi connectivity index (χ0n) is 14.0. The lowest BCUT2D eigenvalue weighted by atomic mass is 9.84. The second-order valence-corrected chi connectivity index (χ2v) is 7.65. The third-order valence-corrected chi connectivity index (χ3v) is 5.97. The van der Waals surface area contributed by atoms with Gasteiger partial charge in [-0.2, -0.15) is 0 Å². The van der Waals surface area contributed by atoms with E-state index in [9.17, 15) is 17.6 Å². The maximum Gasteiger partial charge on any atom is 0.342 e. The lowest BCUT2D eigenvalue weighted by molar-refractivity contribution is 0.0590. The molecule has 3 N–H and O–H groups in total. The predicted octanol–water partition coefficient (Wildman–Crippen LogP) is 2.22. The Morgan fingerprint density at radius 1 is 1.36 bits per heavy atom. The zero-order chi connectivity index (χ0) is 17.7. The number of ether oxygens (including phenoxy) is 1. The predicted molar refractivity (Wildman–Crippen MR) is 94.7 cm³/mol. The molecular formula is C16H24ClFN2O4S. The molecule has 0 aromatic heterocycles. The summed E-state index contributed by atoms with van der Waals surface area (Å²) in [4.78, 5) is 11.4. The zero-order valence-corrected chi connectivity index (χ0v) is 15.7. The number of esters is 1. The SMILES string of the molecule is COC(=O)c1c(F)cccc1S(=O)(=O)NC(CN)C1CCCCC1.Cl. The molecule has 142 valence electrons. The molecule has 1 aromatic carbocycles. The topological polar surface area (TPSA) is 98.5 Å². The van der Waals surface area contributed by atoms with Crippen molar-refractivity contribution in [3.8, 4) is 0 Å². The van der Waals surface area contributed by atoms with Gasteiger partial charge in [-0.25, -0.2) is 22.3 Å². The van der Waals surface area contributed by atoms with Crippen molar-refractivity contribution in [2.45, 2.75) is 43.0 Å². The van der Waals surface area contributed by atoms with Gasteiger partial charge in [0.05, 0.1) is 12.0 Å². The minimum absolute atomic E-state index is 0. The lowest BCUT2D eigenvalue weighted by Gasteiger charge is -2.30. The summed E-state index contributed by atoms with van der Waals surface area (Å²) < 4.78 is 46.4. The number of rotatable bonds is 6. The number of benzene rings is 1. The lowest BCUT2D eigenvalue weighted by Crippen LogP contribution is -2.46. The molecular weight excluding hydrogens is 371 g/mol. The van der Waals surface area contributed by atoms with Crippen LogP contribution in [0.25, 0.3) is 0 Å². The molecule has 1 aliphatic carbocycles. The standard InChI is InChI=1S/C16H23FN2O4S.ClH/c1-23-16(20)15-12(17)8-5-9-14(15)24(21,22)19-13(10-18)11-6-3-2-4-7-11;/h5,8-9,11,13,19H,2-4,6-7,10,18H2,1H3;1H. The number of nitrogens with two attached hydrogens (primary N) is 1. The van der Waals surface area contributed by atoms with E-state index in [1.807, 2.05) is 0 Å². The highest BCUT2D eigenvalue weighted by molar-refractivity contribution is 7.89. The molecule has 0 saturated heterocycles. The van der Waals surface area contributed by atoms with Gasteiger partial charge in [0, 0.05) is 12.6 Å². The summed E-state index contributed by atoms with van der Waals surface area (Å²) in [5.74, 6) is -1.82. The molecule has 1 unspecified atom stereocenters. The van der Waals surface area contributed by atoms with Crippen molar-refractivity contribution in [2.24, 2.45) is 11.7 Å². The summed E-state index contributed by atoms with van der Waals surface area (Å²) >= 11 is 0. The second-order valence-electron chi connectivity index (χ2n) is 5.97. The van der Waals surface area contributed by atoms with Crippen LogP contribution in [0.4, 0.5) is 4.39 Å². The van der Waals surface area contributed by atoms with Crippen molar-refractivity contribution < 1.29 is 22.3 Å². The molecule has 9 heteroatoms. The van der Waals surface area contributed by atoms with Crippen LogP contribution in [0.2, 0.25) is 0 Å². The van der Waals surface area contributed by atoms with Crippen LogP contribution in [0.5, 0.6) is 0 Å². The third-order valence-electron chi connectivity index (χ3n) is 4.43. The molecule has 1 atom stereocenters. The number of hydrogen-bond donors (Lipinski definition) is 2.